The lowest BCUT2D eigenvalue weighted by atomic mass is 10.1. The normalized spacial score (nSPS) is 11.0. The third-order valence-corrected chi connectivity index (χ3v) is 7.36. The fraction of sp³-hybridized carbons (Fsp3) is 0.0769. The standard InChI is InChI=1S/C26H20N4O4S2/c1-17-8-12-20(13-9-17)30-23(28-25(35-2)22(16-27)26(30)32)18-10-14-21(15-11-18)36(33,34)29-24(31)19-6-4-3-5-7-19/h3-15H,1-2H3,(H,29,31). The molecule has 4 aromatic rings. The molecule has 0 radical (unpaired) electrons. The first-order valence-electron chi connectivity index (χ1n) is 10.7. The van der Waals surface area contributed by atoms with E-state index in [9.17, 15) is 23.3 Å². The largest absolute Gasteiger partial charge is 0.277 e. The van der Waals surface area contributed by atoms with Gasteiger partial charge in [-0.25, -0.2) is 18.1 Å². The predicted molar refractivity (Wildman–Crippen MR) is 138 cm³/mol. The second-order valence-electron chi connectivity index (χ2n) is 7.73. The van der Waals surface area contributed by atoms with Crippen LogP contribution in [-0.2, 0) is 10.0 Å². The van der Waals surface area contributed by atoms with Crippen molar-refractivity contribution in [1.29, 1.82) is 5.26 Å². The highest BCUT2D eigenvalue weighted by atomic mass is 32.2. The van der Waals surface area contributed by atoms with Crippen LogP contribution in [0.5, 0.6) is 0 Å². The Morgan fingerprint density at radius 3 is 2.22 bits per heavy atom. The van der Waals surface area contributed by atoms with Crippen molar-refractivity contribution in [2.45, 2.75) is 16.8 Å². The van der Waals surface area contributed by atoms with Crippen molar-refractivity contribution in [2.24, 2.45) is 0 Å². The van der Waals surface area contributed by atoms with Crippen LogP contribution in [0.1, 0.15) is 21.5 Å². The highest BCUT2D eigenvalue weighted by Gasteiger charge is 2.21. The molecule has 4 rings (SSSR count). The van der Waals surface area contributed by atoms with Gasteiger partial charge in [0.05, 0.1) is 10.6 Å². The molecule has 0 saturated heterocycles. The number of carbonyl (C=O) groups is 1. The van der Waals surface area contributed by atoms with Gasteiger partial charge in [0.25, 0.3) is 21.5 Å². The summed E-state index contributed by atoms with van der Waals surface area (Å²) in [5.41, 5.74) is 1.59. The molecule has 8 nitrogen and oxygen atoms in total. The smallest absolute Gasteiger partial charge is 0.268 e. The molecule has 0 aliphatic heterocycles. The van der Waals surface area contributed by atoms with Gasteiger partial charge >= 0.3 is 0 Å². The summed E-state index contributed by atoms with van der Waals surface area (Å²) in [6.07, 6.45) is 1.72. The highest BCUT2D eigenvalue weighted by molar-refractivity contribution is 7.98. The number of hydrogen-bond donors (Lipinski definition) is 1. The van der Waals surface area contributed by atoms with Crippen molar-refractivity contribution in [1.82, 2.24) is 14.3 Å². The van der Waals surface area contributed by atoms with Crippen LogP contribution in [0.25, 0.3) is 17.1 Å². The van der Waals surface area contributed by atoms with Crippen LogP contribution < -0.4 is 10.3 Å². The van der Waals surface area contributed by atoms with Crippen LogP contribution in [-0.4, -0.2) is 30.1 Å². The van der Waals surface area contributed by atoms with E-state index in [1.807, 2.05) is 25.1 Å². The van der Waals surface area contributed by atoms with Gasteiger partial charge in [0.15, 0.2) is 0 Å². The first kappa shape index (κ1) is 24.9. The topological polar surface area (TPSA) is 122 Å². The molecule has 36 heavy (non-hydrogen) atoms. The molecule has 0 spiro atoms. The van der Waals surface area contributed by atoms with Crippen molar-refractivity contribution in [3.8, 4) is 23.1 Å². The summed E-state index contributed by atoms with van der Waals surface area (Å²) in [5.74, 6) is -0.490. The molecule has 180 valence electrons. The molecule has 1 N–H and O–H groups in total. The summed E-state index contributed by atoms with van der Waals surface area (Å²) in [7, 11) is -4.14. The summed E-state index contributed by atoms with van der Waals surface area (Å²) in [6.45, 7) is 1.92. The van der Waals surface area contributed by atoms with E-state index < -0.39 is 21.5 Å². The molecule has 0 aliphatic carbocycles. The summed E-state index contributed by atoms with van der Waals surface area (Å²) in [5, 5.41) is 9.84. The first-order valence-corrected chi connectivity index (χ1v) is 13.4. The lowest BCUT2D eigenvalue weighted by Gasteiger charge is -2.15. The first-order chi connectivity index (χ1) is 17.2. The molecule has 0 saturated carbocycles. The minimum atomic E-state index is -4.14. The van der Waals surface area contributed by atoms with Crippen LogP contribution in [0.3, 0.4) is 0 Å². The summed E-state index contributed by atoms with van der Waals surface area (Å²) in [6, 6.07) is 22.8. The number of amides is 1. The van der Waals surface area contributed by atoms with Gasteiger partial charge in [-0.1, -0.05) is 35.9 Å². The summed E-state index contributed by atoms with van der Waals surface area (Å²) in [4.78, 5) is 30.1. The quantitative estimate of drug-likeness (QED) is 0.304. The van der Waals surface area contributed by atoms with Crippen molar-refractivity contribution in [2.75, 3.05) is 6.26 Å². The van der Waals surface area contributed by atoms with Crippen molar-refractivity contribution in [3.05, 3.63) is 106 Å². The van der Waals surface area contributed by atoms with Gasteiger partial charge in [0.1, 0.15) is 22.5 Å². The van der Waals surface area contributed by atoms with Crippen LogP contribution in [0.2, 0.25) is 0 Å². The average Bonchev–Trinajstić information content (AvgIpc) is 2.89. The maximum atomic E-state index is 13.3. The third-order valence-electron chi connectivity index (χ3n) is 5.33. The number of nitriles is 1. The number of sulfonamides is 1. The van der Waals surface area contributed by atoms with Crippen LogP contribution in [0, 0.1) is 18.3 Å². The van der Waals surface area contributed by atoms with Gasteiger partial charge in [0, 0.05) is 11.1 Å². The van der Waals surface area contributed by atoms with Gasteiger partial charge < -0.3 is 0 Å². The van der Waals surface area contributed by atoms with Crippen LogP contribution in [0.4, 0.5) is 0 Å². The van der Waals surface area contributed by atoms with Gasteiger partial charge in [-0.3, -0.25) is 14.2 Å². The Morgan fingerprint density at radius 1 is 1.00 bits per heavy atom. The molecule has 1 amide bonds. The molecule has 0 bridgehead atoms. The predicted octanol–water partition coefficient (Wildman–Crippen LogP) is 3.92. The maximum Gasteiger partial charge on any atom is 0.277 e. The molecule has 10 heteroatoms. The zero-order chi connectivity index (χ0) is 25.9. The molecular weight excluding hydrogens is 496 g/mol. The van der Waals surface area contributed by atoms with Gasteiger partial charge in [-0.15, -0.1) is 11.8 Å². The van der Waals surface area contributed by atoms with E-state index in [0.29, 0.717) is 11.3 Å². The zero-order valence-corrected chi connectivity index (χ0v) is 20.9. The van der Waals surface area contributed by atoms with Gasteiger partial charge in [-0.2, -0.15) is 5.26 Å². The number of benzene rings is 3. The Balaban J connectivity index is 1.77. The lowest BCUT2D eigenvalue weighted by molar-refractivity contribution is 0.0981. The number of thioether (sulfide) groups is 1. The fourth-order valence-corrected chi connectivity index (χ4v) is 4.97. The van der Waals surface area contributed by atoms with Crippen molar-refractivity contribution in [3.63, 3.8) is 0 Å². The third kappa shape index (κ3) is 4.93. The average molecular weight is 517 g/mol. The highest BCUT2D eigenvalue weighted by Crippen LogP contribution is 2.25. The number of hydrogen-bond acceptors (Lipinski definition) is 7. The van der Waals surface area contributed by atoms with E-state index in [-0.39, 0.29) is 26.9 Å². The Hall–Kier alpha value is -4.20. The Kier molecular flexibility index (Phi) is 7.05. The van der Waals surface area contributed by atoms with E-state index in [1.165, 1.54) is 52.7 Å². The van der Waals surface area contributed by atoms with E-state index in [4.69, 9.17) is 0 Å². The van der Waals surface area contributed by atoms with E-state index in [0.717, 1.165) is 5.56 Å². The Labute approximate surface area is 212 Å². The molecule has 0 aliphatic rings. The van der Waals surface area contributed by atoms with Crippen molar-refractivity contribution < 1.29 is 13.2 Å². The number of rotatable bonds is 6. The molecule has 3 aromatic carbocycles. The number of aromatic nitrogens is 2. The Bertz CT molecular complexity index is 1640. The van der Waals surface area contributed by atoms with Crippen LogP contribution in [0.15, 0.2) is 93.6 Å². The zero-order valence-electron chi connectivity index (χ0n) is 19.3. The van der Waals surface area contributed by atoms with Gasteiger partial charge in [0.2, 0.25) is 0 Å². The SMILES string of the molecule is CSc1nc(-c2ccc(S(=O)(=O)NC(=O)c3ccccc3)cc2)n(-c2ccc(C)cc2)c(=O)c1C#N. The minimum Gasteiger partial charge on any atom is -0.268 e. The molecule has 0 fully saturated rings. The number of aryl methyl sites for hydroxylation is 1. The summed E-state index contributed by atoms with van der Waals surface area (Å²) >= 11 is 1.17. The fourth-order valence-electron chi connectivity index (χ4n) is 3.48. The van der Waals surface area contributed by atoms with E-state index in [1.54, 1.807) is 36.6 Å². The second kappa shape index (κ2) is 10.2. The van der Waals surface area contributed by atoms with Crippen molar-refractivity contribution >= 4 is 27.7 Å². The molecule has 1 aromatic heterocycles. The molecule has 0 unspecified atom stereocenters. The monoisotopic (exact) mass is 516 g/mol. The molecular formula is C26H20N4O4S2. The Morgan fingerprint density at radius 2 is 1.64 bits per heavy atom. The lowest BCUT2D eigenvalue weighted by Crippen LogP contribution is -2.30. The summed E-state index contributed by atoms with van der Waals surface area (Å²) < 4.78 is 28.9. The molecule has 1 heterocycles. The minimum absolute atomic E-state index is 0.0744. The molecule has 0 atom stereocenters. The number of carbonyl (C=O) groups excluding carboxylic acids is 1. The van der Waals surface area contributed by atoms with E-state index >= 15 is 0 Å². The van der Waals surface area contributed by atoms with E-state index in [2.05, 4.69) is 9.71 Å². The van der Waals surface area contributed by atoms with Crippen LogP contribution >= 0.6 is 11.8 Å². The number of nitrogens with one attached hydrogen (secondary N) is 1. The maximum absolute atomic E-state index is 13.3. The second-order valence-corrected chi connectivity index (χ2v) is 10.2. The number of nitrogens with zero attached hydrogens (tertiary/aromatic N) is 3. The van der Waals surface area contributed by atoms with Gasteiger partial charge in [-0.05, 0) is 61.7 Å².